The van der Waals surface area contributed by atoms with Crippen LogP contribution in [0.3, 0.4) is 0 Å². The van der Waals surface area contributed by atoms with E-state index in [0.717, 1.165) is 96.3 Å². The van der Waals surface area contributed by atoms with Gasteiger partial charge in [-0.15, -0.1) is 0 Å². The molecule has 0 amide bonds. The Morgan fingerprint density at radius 1 is 0.455 bits per heavy atom. The van der Waals surface area contributed by atoms with E-state index in [4.69, 9.17) is 23.7 Å². The van der Waals surface area contributed by atoms with Gasteiger partial charge in [0.15, 0.2) is 24.6 Å². The molecular weight excluding hydrogens is 973 g/mol. The fourth-order valence-corrected chi connectivity index (χ4v) is 7.58. The minimum Gasteiger partial charge on any atom is -0.479 e. The third kappa shape index (κ3) is 41.4. The van der Waals surface area contributed by atoms with Crippen molar-refractivity contribution in [2.45, 2.75) is 225 Å². The molecule has 0 bridgehead atoms. The molecule has 1 aliphatic heterocycles. The number of hydrogen-bond acceptors (Lipinski definition) is 11. The average Bonchev–Trinajstić information content (AvgIpc) is 3.42. The maximum Gasteiger partial charge on any atom is 0.335 e. The summed E-state index contributed by atoms with van der Waals surface area (Å²) in [6.07, 6.45) is 61.5. The summed E-state index contributed by atoms with van der Waals surface area (Å²) in [5.74, 6) is -3.44. The number of carbonyl (C=O) groups excluding carboxylic acids is 3. The van der Waals surface area contributed by atoms with E-state index in [2.05, 4.69) is 130 Å². The Hall–Kier alpha value is -5.40. The van der Waals surface area contributed by atoms with Gasteiger partial charge in [0.25, 0.3) is 0 Å². The van der Waals surface area contributed by atoms with Gasteiger partial charge in [-0.1, -0.05) is 205 Å². The number of hydrogen-bond donors (Lipinski definition) is 3. The number of aliphatic carboxylic acids is 1. The number of carboxylic acids is 1. The number of allylic oxidation sites excluding steroid dienone is 23. The van der Waals surface area contributed by atoms with Crippen molar-refractivity contribution in [1.82, 2.24) is 0 Å². The molecule has 0 aromatic rings. The fourth-order valence-electron chi connectivity index (χ4n) is 7.58. The van der Waals surface area contributed by atoms with Crippen LogP contribution >= 0.6 is 0 Å². The maximum atomic E-state index is 13.1. The van der Waals surface area contributed by atoms with Gasteiger partial charge >= 0.3 is 23.9 Å². The molecule has 1 aliphatic rings. The highest BCUT2D eigenvalue weighted by molar-refractivity contribution is 5.74. The Labute approximate surface area is 463 Å². The van der Waals surface area contributed by atoms with Crippen molar-refractivity contribution >= 4 is 23.9 Å². The Morgan fingerprint density at radius 2 is 0.883 bits per heavy atom. The van der Waals surface area contributed by atoms with Gasteiger partial charge in [-0.25, -0.2) is 4.79 Å². The zero-order valence-corrected chi connectivity index (χ0v) is 47.1. The van der Waals surface area contributed by atoms with Gasteiger partial charge in [-0.05, 0) is 109 Å². The van der Waals surface area contributed by atoms with Crippen LogP contribution in [-0.4, -0.2) is 89.2 Å². The third-order valence-electron chi connectivity index (χ3n) is 11.9. The number of ether oxygens (including phenoxy) is 5. The molecule has 1 rings (SSSR count). The van der Waals surface area contributed by atoms with Crippen molar-refractivity contribution in [2.24, 2.45) is 0 Å². The van der Waals surface area contributed by atoms with E-state index in [1.54, 1.807) is 6.08 Å². The number of unbranched alkanes of at least 4 members (excludes halogenated alkanes) is 9. The van der Waals surface area contributed by atoms with E-state index in [9.17, 15) is 34.5 Å². The standard InChI is InChI=1S/C65H98O12/c1-4-7-10-13-16-19-22-25-27-28-29-30-32-34-36-39-42-45-48-51-57(66)73-54-56(75-58(67)52-49-46-43-40-38-35-31-26-23-20-17-14-11-8-5-2)55-74-65-63(61(70)60(69)62(77-65)64(71)72)76-59(68)53-50-47-44-41-37-33-24-21-18-15-12-9-6-3/h7-8,10-11,16-17,19-21,24-27,29-31,34,36,38,40,42,45-46,49,56,60-63,65,69-70H,4-6,9,12-15,18,22-23,28,32-33,35,37,39,41,43-44,47-48,50-55H2,1-3H3,(H,71,72)/b10-7-,11-8-,19-16-,20-17-,24-21-,27-25-,30-29-,31-26-,36-34-,40-38-,45-42-,49-46-. The van der Waals surface area contributed by atoms with Crippen molar-refractivity contribution in [2.75, 3.05) is 13.2 Å². The lowest BCUT2D eigenvalue weighted by atomic mass is 9.98. The van der Waals surface area contributed by atoms with E-state index in [1.165, 1.54) is 25.7 Å². The van der Waals surface area contributed by atoms with E-state index in [1.807, 2.05) is 30.4 Å². The first-order chi connectivity index (χ1) is 37.6. The minimum absolute atomic E-state index is 0.0244. The minimum atomic E-state index is -1.94. The van der Waals surface area contributed by atoms with Crippen molar-refractivity contribution in [1.29, 1.82) is 0 Å². The number of esters is 3. The predicted molar refractivity (Wildman–Crippen MR) is 312 cm³/mol. The summed E-state index contributed by atoms with van der Waals surface area (Å²) in [6.45, 7) is 5.56. The van der Waals surface area contributed by atoms with Crippen LogP contribution in [-0.2, 0) is 42.9 Å². The highest BCUT2D eigenvalue weighted by atomic mass is 16.7. The molecular formula is C65H98O12. The van der Waals surface area contributed by atoms with E-state index >= 15 is 0 Å². The quantitative estimate of drug-likeness (QED) is 0.0228. The summed E-state index contributed by atoms with van der Waals surface area (Å²) in [4.78, 5) is 51.0. The normalized spacial score (nSPS) is 19.1. The maximum absolute atomic E-state index is 13.1. The van der Waals surface area contributed by atoms with E-state index < -0.39 is 73.9 Å². The smallest absolute Gasteiger partial charge is 0.335 e. The second-order valence-corrected chi connectivity index (χ2v) is 18.8. The summed E-state index contributed by atoms with van der Waals surface area (Å²) < 4.78 is 28.1. The van der Waals surface area contributed by atoms with Crippen molar-refractivity contribution in [3.05, 3.63) is 146 Å². The summed E-state index contributed by atoms with van der Waals surface area (Å²) in [6, 6.07) is 0. The lowest BCUT2D eigenvalue weighted by Crippen LogP contribution is -2.61. The third-order valence-corrected chi connectivity index (χ3v) is 11.9. The van der Waals surface area contributed by atoms with E-state index in [-0.39, 0.29) is 19.3 Å². The first kappa shape index (κ1) is 69.6. The second-order valence-electron chi connectivity index (χ2n) is 18.8. The zero-order valence-electron chi connectivity index (χ0n) is 47.1. The van der Waals surface area contributed by atoms with E-state index in [0.29, 0.717) is 25.7 Å². The van der Waals surface area contributed by atoms with Gasteiger partial charge in [0.1, 0.15) is 18.8 Å². The highest BCUT2D eigenvalue weighted by Crippen LogP contribution is 2.26. The number of rotatable bonds is 46. The Balaban J connectivity index is 2.82. The van der Waals surface area contributed by atoms with Crippen LogP contribution in [0.15, 0.2) is 146 Å². The molecule has 1 heterocycles. The molecule has 12 nitrogen and oxygen atoms in total. The second kappa shape index (κ2) is 51.4. The summed E-state index contributed by atoms with van der Waals surface area (Å²) in [7, 11) is 0. The van der Waals surface area contributed by atoms with Crippen molar-refractivity contribution < 1.29 is 58.2 Å². The number of aliphatic hydroxyl groups is 2. The predicted octanol–water partition coefficient (Wildman–Crippen LogP) is 14.8. The van der Waals surface area contributed by atoms with Gasteiger partial charge in [0.05, 0.1) is 13.0 Å². The lowest BCUT2D eigenvalue weighted by molar-refractivity contribution is -0.301. The van der Waals surface area contributed by atoms with Crippen LogP contribution in [0.4, 0.5) is 0 Å². The molecule has 77 heavy (non-hydrogen) atoms. The van der Waals surface area contributed by atoms with Gasteiger partial charge in [-0.3, -0.25) is 14.4 Å². The molecule has 12 heteroatoms. The number of carboxylic acid groups (broad SMARTS) is 1. The molecule has 6 atom stereocenters. The highest BCUT2D eigenvalue weighted by Gasteiger charge is 2.50. The van der Waals surface area contributed by atoms with Crippen LogP contribution in [0, 0.1) is 0 Å². The van der Waals surface area contributed by atoms with Gasteiger partial charge in [0.2, 0.25) is 0 Å². The van der Waals surface area contributed by atoms with Crippen LogP contribution in [0.1, 0.15) is 188 Å². The van der Waals surface area contributed by atoms with Crippen molar-refractivity contribution in [3.8, 4) is 0 Å². The molecule has 0 saturated carbocycles. The monoisotopic (exact) mass is 1070 g/mol. The molecule has 6 unspecified atom stereocenters. The fraction of sp³-hybridized carbons (Fsp3) is 0.569. The van der Waals surface area contributed by atoms with Crippen LogP contribution in [0.25, 0.3) is 0 Å². The molecule has 1 saturated heterocycles. The Bertz CT molecular complexity index is 1890. The largest absolute Gasteiger partial charge is 0.479 e. The summed E-state index contributed by atoms with van der Waals surface area (Å²) >= 11 is 0. The molecule has 0 radical (unpaired) electrons. The SMILES string of the molecule is CC/C=C\C/C=C\C/C=C\C/C=C\C/C=C\C/C=C\CCC(=O)OCC(COC1OC(C(=O)O)C(O)C(O)C1OC(=O)CCCCCCC/C=C\CCCCCC)OC(=O)C/C=C\C/C=C\C/C=C\C/C=C\C/C=C\CC. The van der Waals surface area contributed by atoms with Gasteiger partial charge in [-0.2, -0.15) is 0 Å². The van der Waals surface area contributed by atoms with Gasteiger partial charge < -0.3 is 39.0 Å². The number of carbonyl (C=O) groups is 4. The molecule has 1 fully saturated rings. The first-order valence-corrected chi connectivity index (χ1v) is 28.8. The molecule has 0 spiro atoms. The number of aliphatic hydroxyl groups excluding tert-OH is 2. The topological polar surface area (TPSA) is 175 Å². The van der Waals surface area contributed by atoms with Crippen LogP contribution < -0.4 is 0 Å². The molecule has 3 N–H and O–H groups in total. The molecule has 0 aromatic carbocycles. The summed E-state index contributed by atoms with van der Waals surface area (Å²) in [5.41, 5.74) is 0. The Kier molecular flexibility index (Phi) is 46.4. The van der Waals surface area contributed by atoms with Gasteiger partial charge in [0, 0.05) is 12.8 Å². The summed E-state index contributed by atoms with van der Waals surface area (Å²) in [5, 5.41) is 31.4. The lowest BCUT2D eigenvalue weighted by Gasteiger charge is -2.40. The first-order valence-electron chi connectivity index (χ1n) is 28.8. The van der Waals surface area contributed by atoms with Crippen LogP contribution in [0.2, 0.25) is 0 Å². The molecule has 430 valence electrons. The van der Waals surface area contributed by atoms with Crippen molar-refractivity contribution in [3.63, 3.8) is 0 Å². The molecule has 0 aliphatic carbocycles. The average molecular weight is 1070 g/mol. The van der Waals surface area contributed by atoms with Crippen LogP contribution in [0.5, 0.6) is 0 Å². The Morgan fingerprint density at radius 3 is 1.36 bits per heavy atom. The molecule has 0 aromatic heterocycles. The zero-order chi connectivity index (χ0) is 56.1.